The summed E-state index contributed by atoms with van der Waals surface area (Å²) in [5, 5.41) is 0. The van der Waals surface area contributed by atoms with Gasteiger partial charge in [-0.15, -0.1) is 0 Å². The van der Waals surface area contributed by atoms with Gasteiger partial charge in [0.15, 0.2) is 0 Å². The minimum Gasteiger partial charge on any atom is -0.464 e. The van der Waals surface area contributed by atoms with E-state index in [1.54, 1.807) is 19.2 Å². The molecule has 1 aromatic heterocycles. The van der Waals surface area contributed by atoms with Crippen molar-refractivity contribution < 1.29 is 9.53 Å². The molecule has 1 unspecified atom stereocenters. The molecule has 0 amide bonds. The standard InChI is InChI=1S/C13H16BrNO3/c1-2-18-13(17)11(7-9-3-4-9)15-6-5-10(14)8-12(15)16/h5-6,8-9,11H,2-4,7H2,1H3. The minimum atomic E-state index is -0.488. The average molecular weight is 314 g/mol. The first-order chi connectivity index (χ1) is 8.61. The number of carbonyl (C=O) groups excluding carboxylic acids is 1. The Morgan fingerprint density at radius 3 is 2.89 bits per heavy atom. The van der Waals surface area contributed by atoms with Crippen molar-refractivity contribution in [3.05, 3.63) is 33.2 Å². The van der Waals surface area contributed by atoms with Crippen LogP contribution >= 0.6 is 15.9 Å². The molecule has 0 saturated heterocycles. The third-order valence-electron chi connectivity index (χ3n) is 3.06. The lowest BCUT2D eigenvalue weighted by Gasteiger charge is -2.18. The van der Waals surface area contributed by atoms with Crippen molar-refractivity contribution >= 4 is 21.9 Å². The maximum Gasteiger partial charge on any atom is 0.329 e. The zero-order chi connectivity index (χ0) is 13.1. The van der Waals surface area contributed by atoms with E-state index >= 15 is 0 Å². The highest BCUT2D eigenvalue weighted by molar-refractivity contribution is 9.10. The molecule has 0 N–H and O–H groups in total. The van der Waals surface area contributed by atoms with Gasteiger partial charge < -0.3 is 9.30 Å². The van der Waals surface area contributed by atoms with Crippen LogP contribution in [0.1, 0.15) is 32.2 Å². The summed E-state index contributed by atoms with van der Waals surface area (Å²) in [7, 11) is 0. The predicted molar refractivity (Wildman–Crippen MR) is 71.4 cm³/mol. The maximum absolute atomic E-state index is 12.0. The van der Waals surface area contributed by atoms with Gasteiger partial charge in [0, 0.05) is 16.7 Å². The van der Waals surface area contributed by atoms with Crippen LogP contribution in [0, 0.1) is 5.92 Å². The fourth-order valence-corrected chi connectivity index (χ4v) is 2.27. The molecule has 0 bridgehead atoms. The summed E-state index contributed by atoms with van der Waals surface area (Å²) < 4.78 is 7.26. The number of ether oxygens (including phenoxy) is 1. The molecule has 0 aromatic carbocycles. The Morgan fingerprint density at radius 2 is 2.33 bits per heavy atom. The molecule has 18 heavy (non-hydrogen) atoms. The molecule has 1 aliphatic rings. The van der Waals surface area contributed by atoms with Crippen LogP contribution in [0.15, 0.2) is 27.6 Å². The Bertz CT molecular complexity index is 493. The Hall–Kier alpha value is -1.10. The molecule has 1 atom stereocenters. The quantitative estimate of drug-likeness (QED) is 0.785. The molecule has 0 aliphatic heterocycles. The SMILES string of the molecule is CCOC(=O)C(CC1CC1)n1ccc(Br)cc1=O. The summed E-state index contributed by atoms with van der Waals surface area (Å²) in [6, 6.07) is 2.75. The van der Waals surface area contributed by atoms with Crippen molar-refractivity contribution in [1.82, 2.24) is 4.57 Å². The number of aromatic nitrogens is 1. The number of pyridine rings is 1. The summed E-state index contributed by atoms with van der Waals surface area (Å²) >= 11 is 3.25. The second-order valence-corrected chi connectivity index (χ2v) is 5.45. The first kappa shape index (κ1) is 13.3. The first-order valence-electron chi connectivity index (χ1n) is 6.16. The average Bonchev–Trinajstić information content (AvgIpc) is 3.11. The number of esters is 1. The molecular formula is C13H16BrNO3. The smallest absolute Gasteiger partial charge is 0.329 e. The first-order valence-corrected chi connectivity index (χ1v) is 6.95. The zero-order valence-corrected chi connectivity index (χ0v) is 11.9. The monoisotopic (exact) mass is 313 g/mol. The van der Waals surface area contributed by atoms with E-state index in [2.05, 4.69) is 15.9 Å². The van der Waals surface area contributed by atoms with Crippen molar-refractivity contribution in [2.24, 2.45) is 5.92 Å². The number of hydrogen-bond donors (Lipinski definition) is 0. The van der Waals surface area contributed by atoms with Crippen LogP contribution in [0.5, 0.6) is 0 Å². The summed E-state index contributed by atoms with van der Waals surface area (Å²) in [5.41, 5.74) is -0.178. The van der Waals surface area contributed by atoms with Crippen molar-refractivity contribution in [3.8, 4) is 0 Å². The number of hydrogen-bond acceptors (Lipinski definition) is 3. The lowest BCUT2D eigenvalue weighted by molar-refractivity contribution is -0.147. The van der Waals surface area contributed by atoms with Gasteiger partial charge in [0.2, 0.25) is 0 Å². The minimum absolute atomic E-state index is 0.178. The number of rotatable bonds is 5. The third kappa shape index (κ3) is 3.22. The lowest BCUT2D eigenvalue weighted by atomic mass is 10.1. The van der Waals surface area contributed by atoms with Crippen LogP contribution in [0.3, 0.4) is 0 Å². The molecule has 0 radical (unpaired) electrons. The third-order valence-corrected chi connectivity index (χ3v) is 3.55. The van der Waals surface area contributed by atoms with Crippen molar-refractivity contribution in [3.63, 3.8) is 0 Å². The number of nitrogens with zero attached hydrogens (tertiary/aromatic N) is 1. The molecule has 0 spiro atoms. The highest BCUT2D eigenvalue weighted by Crippen LogP contribution is 2.37. The molecule has 2 rings (SSSR count). The van der Waals surface area contributed by atoms with Gasteiger partial charge in [-0.2, -0.15) is 0 Å². The lowest BCUT2D eigenvalue weighted by Crippen LogP contribution is -2.30. The van der Waals surface area contributed by atoms with Crippen LogP contribution in [0.2, 0.25) is 0 Å². The summed E-state index contributed by atoms with van der Waals surface area (Å²) in [6.07, 6.45) is 4.62. The van der Waals surface area contributed by atoms with Crippen LogP contribution in [0.25, 0.3) is 0 Å². The Morgan fingerprint density at radius 1 is 1.61 bits per heavy atom. The van der Waals surface area contributed by atoms with Crippen LogP contribution in [-0.2, 0) is 9.53 Å². The molecule has 1 heterocycles. The van der Waals surface area contributed by atoms with E-state index in [0.717, 1.165) is 17.3 Å². The van der Waals surface area contributed by atoms with E-state index in [1.807, 2.05) is 0 Å². The van der Waals surface area contributed by atoms with Gasteiger partial charge in [0.1, 0.15) is 6.04 Å². The van der Waals surface area contributed by atoms with E-state index in [4.69, 9.17) is 4.74 Å². The molecule has 1 aliphatic carbocycles. The van der Waals surface area contributed by atoms with E-state index in [9.17, 15) is 9.59 Å². The fraction of sp³-hybridized carbons (Fsp3) is 0.538. The normalized spacial score (nSPS) is 16.3. The van der Waals surface area contributed by atoms with E-state index in [1.165, 1.54) is 10.6 Å². The maximum atomic E-state index is 12.0. The fourth-order valence-electron chi connectivity index (χ4n) is 1.95. The van der Waals surface area contributed by atoms with Crippen LogP contribution in [0.4, 0.5) is 0 Å². The number of halogens is 1. The second kappa shape index (κ2) is 5.69. The summed E-state index contributed by atoms with van der Waals surface area (Å²) in [5.74, 6) is 0.240. The molecule has 5 heteroatoms. The molecule has 1 aromatic rings. The Balaban J connectivity index is 2.26. The predicted octanol–water partition coefficient (Wildman–Crippen LogP) is 2.52. The van der Waals surface area contributed by atoms with Gasteiger partial charge in [-0.1, -0.05) is 28.8 Å². The van der Waals surface area contributed by atoms with Gasteiger partial charge in [-0.25, -0.2) is 4.79 Å². The summed E-state index contributed by atoms with van der Waals surface area (Å²) in [6.45, 7) is 2.11. The zero-order valence-electron chi connectivity index (χ0n) is 10.3. The summed E-state index contributed by atoms with van der Waals surface area (Å²) in [4.78, 5) is 23.9. The topological polar surface area (TPSA) is 48.3 Å². The molecule has 4 nitrogen and oxygen atoms in total. The highest BCUT2D eigenvalue weighted by atomic mass is 79.9. The van der Waals surface area contributed by atoms with Crippen LogP contribution in [-0.4, -0.2) is 17.1 Å². The van der Waals surface area contributed by atoms with Crippen molar-refractivity contribution in [2.45, 2.75) is 32.2 Å². The van der Waals surface area contributed by atoms with Gasteiger partial charge >= 0.3 is 5.97 Å². The van der Waals surface area contributed by atoms with Gasteiger partial charge in [0.25, 0.3) is 5.56 Å². The Labute approximate surface area is 114 Å². The van der Waals surface area contributed by atoms with Gasteiger partial charge in [0.05, 0.1) is 6.61 Å². The molecule has 1 fully saturated rings. The second-order valence-electron chi connectivity index (χ2n) is 4.54. The van der Waals surface area contributed by atoms with E-state index in [0.29, 0.717) is 18.9 Å². The van der Waals surface area contributed by atoms with Crippen LogP contribution < -0.4 is 5.56 Å². The van der Waals surface area contributed by atoms with Gasteiger partial charge in [-0.05, 0) is 25.3 Å². The largest absolute Gasteiger partial charge is 0.464 e. The molecular weight excluding hydrogens is 298 g/mol. The molecule has 98 valence electrons. The number of carbonyl (C=O) groups is 1. The van der Waals surface area contributed by atoms with Crippen molar-refractivity contribution in [2.75, 3.05) is 6.61 Å². The van der Waals surface area contributed by atoms with E-state index < -0.39 is 6.04 Å². The molecule has 1 saturated carbocycles. The highest BCUT2D eigenvalue weighted by Gasteiger charge is 2.31. The van der Waals surface area contributed by atoms with E-state index in [-0.39, 0.29) is 11.5 Å². The van der Waals surface area contributed by atoms with Crippen molar-refractivity contribution in [1.29, 1.82) is 0 Å². The Kier molecular flexibility index (Phi) is 4.22. The van der Waals surface area contributed by atoms with Gasteiger partial charge in [-0.3, -0.25) is 4.79 Å².